The van der Waals surface area contributed by atoms with E-state index in [0.717, 1.165) is 0 Å². The van der Waals surface area contributed by atoms with E-state index in [9.17, 15) is 9.59 Å². The van der Waals surface area contributed by atoms with E-state index in [1.807, 2.05) is 6.07 Å². The summed E-state index contributed by atoms with van der Waals surface area (Å²) in [5, 5.41) is 18.2. The van der Waals surface area contributed by atoms with Crippen molar-refractivity contribution in [2.45, 2.75) is 0 Å². The number of hydrogen-bond donors (Lipinski definition) is 2. The maximum atomic E-state index is 11.2. The summed E-state index contributed by atoms with van der Waals surface area (Å²) in [5.74, 6) is -2.38. The second kappa shape index (κ2) is 5.79. The van der Waals surface area contributed by atoms with Gasteiger partial charge in [0, 0.05) is 11.8 Å². The van der Waals surface area contributed by atoms with Gasteiger partial charge in [-0.05, 0) is 24.3 Å². The Kier molecular flexibility index (Phi) is 3.91. The van der Waals surface area contributed by atoms with Gasteiger partial charge in [0.25, 0.3) is 0 Å². The van der Waals surface area contributed by atoms with E-state index in [1.165, 1.54) is 24.4 Å². The summed E-state index contributed by atoms with van der Waals surface area (Å²) in [6, 6.07) is 13.0. The van der Waals surface area contributed by atoms with Crippen molar-refractivity contribution in [1.29, 1.82) is 0 Å². The van der Waals surface area contributed by atoms with Crippen molar-refractivity contribution in [1.82, 2.24) is 0 Å². The van der Waals surface area contributed by atoms with Gasteiger partial charge in [-0.3, -0.25) is 4.99 Å². The molecule has 0 saturated carbocycles. The third-order valence-corrected chi connectivity index (χ3v) is 2.67. The van der Waals surface area contributed by atoms with Gasteiger partial charge in [0.1, 0.15) is 0 Å². The summed E-state index contributed by atoms with van der Waals surface area (Å²) in [6.45, 7) is 0. The van der Waals surface area contributed by atoms with Gasteiger partial charge < -0.3 is 10.2 Å². The summed E-state index contributed by atoms with van der Waals surface area (Å²) in [4.78, 5) is 26.4. The van der Waals surface area contributed by atoms with Crippen LogP contribution < -0.4 is 0 Å². The van der Waals surface area contributed by atoms with Gasteiger partial charge in [-0.1, -0.05) is 24.3 Å². The Morgan fingerprint density at radius 3 is 1.90 bits per heavy atom. The average molecular weight is 269 g/mol. The highest BCUT2D eigenvalue weighted by Crippen LogP contribution is 2.16. The van der Waals surface area contributed by atoms with Gasteiger partial charge in [-0.15, -0.1) is 0 Å². The van der Waals surface area contributed by atoms with Crippen molar-refractivity contribution in [2.24, 2.45) is 4.99 Å². The average Bonchev–Trinajstić information content (AvgIpc) is 2.45. The molecule has 100 valence electrons. The van der Waals surface area contributed by atoms with Crippen LogP contribution in [0, 0.1) is 0 Å². The summed E-state index contributed by atoms with van der Waals surface area (Å²) in [5.41, 5.74) is 0.509. The van der Waals surface area contributed by atoms with E-state index in [-0.39, 0.29) is 16.7 Å². The third-order valence-electron chi connectivity index (χ3n) is 2.67. The maximum Gasteiger partial charge on any atom is 0.336 e. The lowest BCUT2D eigenvalue weighted by Gasteiger charge is -2.05. The molecule has 2 rings (SSSR count). The lowest BCUT2D eigenvalue weighted by Crippen LogP contribution is -2.09. The second-order valence-electron chi connectivity index (χ2n) is 3.97. The maximum absolute atomic E-state index is 11.2. The zero-order valence-electron chi connectivity index (χ0n) is 10.4. The molecule has 0 atom stereocenters. The molecule has 20 heavy (non-hydrogen) atoms. The molecule has 5 heteroatoms. The van der Waals surface area contributed by atoms with Crippen LogP contribution in [0.1, 0.15) is 26.3 Å². The fourth-order valence-corrected chi connectivity index (χ4v) is 1.73. The van der Waals surface area contributed by atoms with Gasteiger partial charge in [0.15, 0.2) is 0 Å². The molecule has 2 aromatic carbocycles. The van der Waals surface area contributed by atoms with Crippen molar-refractivity contribution in [2.75, 3.05) is 0 Å². The fourth-order valence-electron chi connectivity index (χ4n) is 1.73. The molecule has 0 amide bonds. The van der Waals surface area contributed by atoms with Crippen LogP contribution in [-0.2, 0) is 0 Å². The Labute approximate surface area is 114 Å². The number of carboxylic acids is 2. The Hall–Kier alpha value is -2.95. The number of benzene rings is 2. The van der Waals surface area contributed by atoms with E-state index in [1.54, 1.807) is 24.3 Å². The van der Waals surface area contributed by atoms with Gasteiger partial charge in [-0.25, -0.2) is 9.59 Å². The van der Waals surface area contributed by atoms with Gasteiger partial charge in [0.2, 0.25) is 0 Å². The molecule has 0 heterocycles. The first-order chi connectivity index (χ1) is 9.59. The van der Waals surface area contributed by atoms with Crippen molar-refractivity contribution in [3.63, 3.8) is 0 Å². The number of nitrogens with zero attached hydrogens (tertiary/aromatic N) is 1. The Bertz CT molecular complexity index is 645. The first-order valence-electron chi connectivity index (χ1n) is 5.78. The minimum atomic E-state index is -1.19. The molecule has 0 aliphatic carbocycles. The number of aliphatic imine (C=N–C) groups is 1. The van der Waals surface area contributed by atoms with E-state index >= 15 is 0 Å². The lowest BCUT2D eigenvalue weighted by atomic mass is 10.0. The van der Waals surface area contributed by atoms with Crippen LogP contribution in [0.25, 0.3) is 0 Å². The van der Waals surface area contributed by atoms with Gasteiger partial charge >= 0.3 is 11.9 Å². The number of rotatable bonds is 4. The lowest BCUT2D eigenvalue weighted by molar-refractivity contribution is 0.0696. The first kappa shape index (κ1) is 13.5. The third kappa shape index (κ3) is 2.89. The zero-order valence-corrected chi connectivity index (χ0v) is 10.4. The van der Waals surface area contributed by atoms with Crippen LogP contribution in [0.15, 0.2) is 53.5 Å². The molecule has 0 spiro atoms. The quantitative estimate of drug-likeness (QED) is 0.835. The minimum absolute atomic E-state index is 0.0800. The Morgan fingerprint density at radius 1 is 0.850 bits per heavy atom. The standard InChI is InChI=1S/C15H11NO4/c17-14(18)11-7-4-8-12(15(19)20)13(11)9-16-10-5-2-1-3-6-10/h1-9H,(H,17,18)(H,19,20)/b16-9+. The van der Waals surface area contributed by atoms with Crippen LogP contribution >= 0.6 is 0 Å². The first-order valence-corrected chi connectivity index (χ1v) is 5.78. The molecular weight excluding hydrogens is 258 g/mol. The number of para-hydroxylation sites is 1. The number of hydrogen-bond acceptors (Lipinski definition) is 3. The van der Waals surface area contributed by atoms with E-state index in [4.69, 9.17) is 10.2 Å². The summed E-state index contributed by atoms with van der Waals surface area (Å²) < 4.78 is 0. The molecule has 2 N–H and O–H groups in total. The highest BCUT2D eigenvalue weighted by molar-refractivity contribution is 6.06. The summed E-state index contributed by atoms with van der Waals surface area (Å²) in [7, 11) is 0. The van der Waals surface area contributed by atoms with Gasteiger partial charge in [-0.2, -0.15) is 0 Å². The van der Waals surface area contributed by atoms with E-state index in [0.29, 0.717) is 5.69 Å². The Morgan fingerprint density at radius 2 is 1.40 bits per heavy atom. The van der Waals surface area contributed by atoms with E-state index in [2.05, 4.69) is 4.99 Å². The highest BCUT2D eigenvalue weighted by atomic mass is 16.4. The normalized spacial score (nSPS) is 10.6. The van der Waals surface area contributed by atoms with Crippen LogP contribution in [0.2, 0.25) is 0 Å². The van der Waals surface area contributed by atoms with Crippen molar-refractivity contribution < 1.29 is 19.8 Å². The topological polar surface area (TPSA) is 87.0 Å². The van der Waals surface area contributed by atoms with Crippen molar-refractivity contribution in [3.05, 3.63) is 65.2 Å². The number of carboxylic acid groups (broad SMARTS) is 2. The summed E-state index contributed by atoms with van der Waals surface area (Å²) >= 11 is 0. The smallest absolute Gasteiger partial charge is 0.336 e. The highest BCUT2D eigenvalue weighted by Gasteiger charge is 2.16. The van der Waals surface area contributed by atoms with Crippen LogP contribution in [0.5, 0.6) is 0 Å². The largest absolute Gasteiger partial charge is 0.478 e. The summed E-state index contributed by atoms with van der Waals surface area (Å²) in [6.07, 6.45) is 1.27. The molecule has 0 aliphatic rings. The van der Waals surface area contributed by atoms with Crippen LogP contribution in [-0.4, -0.2) is 28.4 Å². The van der Waals surface area contributed by atoms with Crippen molar-refractivity contribution >= 4 is 23.8 Å². The van der Waals surface area contributed by atoms with Crippen LogP contribution in [0.4, 0.5) is 5.69 Å². The van der Waals surface area contributed by atoms with Crippen LogP contribution in [0.3, 0.4) is 0 Å². The van der Waals surface area contributed by atoms with Crippen molar-refractivity contribution in [3.8, 4) is 0 Å². The molecule has 0 radical (unpaired) electrons. The van der Waals surface area contributed by atoms with Gasteiger partial charge in [0.05, 0.1) is 16.8 Å². The molecule has 0 aromatic heterocycles. The molecule has 0 aliphatic heterocycles. The van der Waals surface area contributed by atoms with E-state index < -0.39 is 11.9 Å². The second-order valence-corrected chi connectivity index (χ2v) is 3.97. The molecule has 5 nitrogen and oxygen atoms in total. The SMILES string of the molecule is O=C(O)c1cccc(C(=O)O)c1/C=N/c1ccccc1. The zero-order chi connectivity index (χ0) is 14.5. The number of aromatic carboxylic acids is 2. The predicted molar refractivity (Wildman–Crippen MR) is 74.1 cm³/mol. The molecule has 0 fully saturated rings. The molecule has 0 saturated heterocycles. The molecule has 0 bridgehead atoms. The molecule has 2 aromatic rings. The minimum Gasteiger partial charge on any atom is -0.478 e. The number of carbonyl (C=O) groups is 2. The molecular formula is C15H11NO4. The fraction of sp³-hybridized carbons (Fsp3) is 0. The Balaban J connectivity index is 2.51. The monoisotopic (exact) mass is 269 g/mol. The molecule has 0 unspecified atom stereocenters. The predicted octanol–water partition coefficient (Wildman–Crippen LogP) is 2.83.